The number of unbranched alkanes of at least 4 members (excludes halogenated alkanes) is 3. The molecule has 0 saturated carbocycles. The van der Waals surface area contributed by atoms with Gasteiger partial charge in [-0.15, -0.1) is 0 Å². The predicted octanol–water partition coefficient (Wildman–Crippen LogP) is 3.63. The summed E-state index contributed by atoms with van der Waals surface area (Å²) in [7, 11) is 0. The third-order valence-electron chi connectivity index (χ3n) is 4.20. The van der Waals surface area contributed by atoms with Crippen LogP contribution in [0.2, 0.25) is 0 Å². The molecule has 2 saturated heterocycles. The standard InChI is InChI=1S/C13H25N/c1-2-3-4-5-9-13-10-6-7-12(14-13)8-11-13/h12,14H,2-11H2,1H3. The minimum Gasteiger partial charge on any atom is -0.308 e. The highest BCUT2D eigenvalue weighted by Crippen LogP contribution is 2.38. The van der Waals surface area contributed by atoms with Crippen LogP contribution in [-0.4, -0.2) is 11.6 Å². The Balaban J connectivity index is 1.73. The van der Waals surface area contributed by atoms with Crippen LogP contribution in [0, 0.1) is 0 Å². The van der Waals surface area contributed by atoms with Crippen molar-refractivity contribution in [2.45, 2.75) is 82.7 Å². The Morgan fingerprint density at radius 2 is 2.07 bits per heavy atom. The van der Waals surface area contributed by atoms with Crippen LogP contribution in [-0.2, 0) is 0 Å². The predicted molar refractivity (Wildman–Crippen MR) is 61.5 cm³/mol. The maximum absolute atomic E-state index is 3.88. The van der Waals surface area contributed by atoms with Crippen LogP contribution in [0.1, 0.15) is 71.1 Å². The second kappa shape index (κ2) is 4.65. The van der Waals surface area contributed by atoms with E-state index in [0.717, 1.165) is 6.04 Å². The molecule has 2 rings (SSSR count). The highest BCUT2D eigenvalue weighted by atomic mass is 15.1. The van der Waals surface area contributed by atoms with Gasteiger partial charge >= 0.3 is 0 Å². The van der Waals surface area contributed by atoms with E-state index in [9.17, 15) is 0 Å². The van der Waals surface area contributed by atoms with Crippen LogP contribution in [0.5, 0.6) is 0 Å². The van der Waals surface area contributed by atoms with Crippen LogP contribution in [0.15, 0.2) is 0 Å². The van der Waals surface area contributed by atoms with Crippen LogP contribution < -0.4 is 5.32 Å². The van der Waals surface area contributed by atoms with E-state index in [1.165, 1.54) is 64.2 Å². The van der Waals surface area contributed by atoms with Crippen molar-refractivity contribution in [1.29, 1.82) is 0 Å². The van der Waals surface area contributed by atoms with Gasteiger partial charge in [0, 0.05) is 11.6 Å². The van der Waals surface area contributed by atoms with Gasteiger partial charge in [0.25, 0.3) is 0 Å². The molecule has 2 aliphatic heterocycles. The molecule has 1 nitrogen and oxygen atoms in total. The number of hydrogen-bond acceptors (Lipinski definition) is 1. The molecule has 2 heterocycles. The molecule has 0 aliphatic carbocycles. The van der Waals surface area contributed by atoms with Crippen molar-refractivity contribution in [3.63, 3.8) is 0 Å². The summed E-state index contributed by atoms with van der Waals surface area (Å²) in [6.45, 7) is 2.29. The Morgan fingerprint density at radius 1 is 1.14 bits per heavy atom. The zero-order chi connectivity index (χ0) is 9.86. The van der Waals surface area contributed by atoms with E-state index < -0.39 is 0 Å². The molecule has 0 aromatic rings. The second-order valence-corrected chi connectivity index (χ2v) is 5.36. The van der Waals surface area contributed by atoms with Crippen molar-refractivity contribution in [1.82, 2.24) is 5.32 Å². The van der Waals surface area contributed by atoms with Gasteiger partial charge in [0.15, 0.2) is 0 Å². The third kappa shape index (κ3) is 2.31. The number of nitrogens with one attached hydrogen (secondary N) is 1. The smallest absolute Gasteiger partial charge is 0.0184 e. The lowest BCUT2D eigenvalue weighted by Crippen LogP contribution is -2.46. The van der Waals surface area contributed by atoms with Gasteiger partial charge in [-0.3, -0.25) is 0 Å². The van der Waals surface area contributed by atoms with E-state index in [1.807, 2.05) is 0 Å². The van der Waals surface area contributed by atoms with Crippen LogP contribution in [0.4, 0.5) is 0 Å². The van der Waals surface area contributed by atoms with E-state index in [2.05, 4.69) is 12.2 Å². The monoisotopic (exact) mass is 195 g/mol. The van der Waals surface area contributed by atoms with Crippen LogP contribution in [0.25, 0.3) is 0 Å². The molecule has 2 atom stereocenters. The van der Waals surface area contributed by atoms with Crippen molar-refractivity contribution < 1.29 is 0 Å². The lowest BCUT2D eigenvalue weighted by Gasteiger charge is -2.34. The first-order valence-electron chi connectivity index (χ1n) is 6.62. The molecule has 1 N–H and O–H groups in total. The van der Waals surface area contributed by atoms with E-state index >= 15 is 0 Å². The van der Waals surface area contributed by atoms with Gasteiger partial charge in [0.1, 0.15) is 0 Å². The zero-order valence-corrected chi connectivity index (χ0v) is 9.65. The molecule has 2 fully saturated rings. The Hall–Kier alpha value is -0.0400. The third-order valence-corrected chi connectivity index (χ3v) is 4.20. The molecule has 0 spiro atoms. The summed E-state index contributed by atoms with van der Waals surface area (Å²) in [4.78, 5) is 0. The average molecular weight is 195 g/mol. The van der Waals surface area contributed by atoms with Crippen LogP contribution in [0.3, 0.4) is 0 Å². The van der Waals surface area contributed by atoms with Crippen LogP contribution >= 0.6 is 0 Å². The minimum absolute atomic E-state index is 0.594. The maximum Gasteiger partial charge on any atom is 0.0184 e. The largest absolute Gasteiger partial charge is 0.308 e. The molecule has 82 valence electrons. The van der Waals surface area contributed by atoms with E-state index in [4.69, 9.17) is 0 Å². The van der Waals surface area contributed by atoms with Crippen molar-refractivity contribution in [2.24, 2.45) is 0 Å². The number of piperidine rings is 1. The molecule has 14 heavy (non-hydrogen) atoms. The van der Waals surface area contributed by atoms with Gasteiger partial charge in [-0.2, -0.15) is 0 Å². The van der Waals surface area contributed by atoms with Crippen molar-refractivity contribution in [2.75, 3.05) is 0 Å². The molecular formula is C13H25N. The SMILES string of the molecule is CCCCCCC12CCCC(CC1)N2. The van der Waals surface area contributed by atoms with Gasteiger partial charge in [-0.05, 0) is 32.1 Å². The molecule has 1 heteroatoms. The summed E-state index contributed by atoms with van der Waals surface area (Å²) in [6.07, 6.45) is 14.4. The van der Waals surface area contributed by atoms with Gasteiger partial charge < -0.3 is 5.32 Å². The van der Waals surface area contributed by atoms with Crippen molar-refractivity contribution in [3.05, 3.63) is 0 Å². The fourth-order valence-corrected chi connectivity index (χ4v) is 3.34. The Bertz CT molecular complexity index is 174. The summed E-state index contributed by atoms with van der Waals surface area (Å²) in [5, 5.41) is 3.88. The molecule has 0 radical (unpaired) electrons. The minimum atomic E-state index is 0.594. The van der Waals surface area contributed by atoms with E-state index in [-0.39, 0.29) is 0 Å². The summed E-state index contributed by atoms with van der Waals surface area (Å²) >= 11 is 0. The molecule has 0 aromatic carbocycles. The van der Waals surface area contributed by atoms with Gasteiger partial charge in [0.2, 0.25) is 0 Å². The van der Waals surface area contributed by atoms with E-state index in [0.29, 0.717) is 5.54 Å². The van der Waals surface area contributed by atoms with E-state index in [1.54, 1.807) is 0 Å². The van der Waals surface area contributed by atoms with Crippen molar-refractivity contribution in [3.8, 4) is 0 Å². The topological polar surface area (TPSA) is 12.0 Å². The fraction of sp³-hybridized carbons (Fsp3) is 1.00. The quantitative estimate of drug-likeness (QED) is 0.661. The second-order valence-electron chi connectivity index (χ2n) is 5.36. The summed E-state index contributed by atoms with van der Waals surface area (Å²) in [5.41, 5.74) is 0.594. The van der Waals surface area contributed by atoms with Crippen molar-refractivity contribution >= 4 is 0 Å². The first kappa shape index (κ1) is 10.5. The molecule has 2 aliphatic rings. The lowest BCUT2D eigenvalue weighted by atomic mass is 9.85. The molecular weight excluding hydrogens is 170 g/mol. The Kier molecular flexibility index (Phi) is 3.48. The zero-order valence-electron chi connectivity index (χ0n) is 9.65. The number of fused-ring (bicyclic) bond motifs is 2. The highest BCUT2D eigenvalue weighted by Gasteiger charge is 2.40. The molecule has 0 amide bonds. The summed E-state index contributed by atoms with van der Waals surface area (Å²) in [5.74, 6) is 0. The normalized spacial score (nSPS) is 36.2. The molecule has 2 bridgehead atoms. The first-order chi connectivity index (χ1) is 6.85. The first-order valence-corrected chi connectivity index (χ1v) is 6.62. The maximum atomic E-state index is 3.88. The summed E-state index contributed by atoms with van der Waals surface area (Å²) < 4.78 is 0. The Labute approximate surface area is 88.7 Å². The number of rotatable bonds is 5. The fourth-order valence-electron chi connectivity index (χ4n) is 3.34. The van der Waals surface area contributed by atoms with Gasteiger partial charge in [-0.1, -0.05) is 39.0 Å². The van der Waals surface area contributed by atoms with Gasteiger partial charge in [0.05, 0.1) is 0 Å². The van der Waals surface area contributed by atoms with Gasteiger partial charge in [-0.25, -0.2) is 0 Å². The lowest BCUT2D eigenvalue weighted by molar-refractivity contribution is 0.251. The number of hydrogen-bond donors (Lipinski definition) is 1. The summed E-state index contributed by atoms with van der Waals surface area (Å²) in [6, 6.07) is 0.884. The molecule has 2 unspecified atom stereocenters. The highest BCUT2D eigenvalue weighted by molar-refractivity contribution is 5.00. The Morgan fingerprint density at radius 3 is 2.93 bits per heavy atom. The average Bonchev–Trinajstić information content (AvgIpc) is 2.50. The molecule has 0 aromatic heterocycles.